The molecule has 0 aromatic heterocycles. The average molecular weight is 284 g/mol. The van der Waals surface area contributed by atoms with E-state index in [4.69, 9.17) is 4.74 Å². The van der Waals surface area contributed by atoms with Crippen molar-refractivity contribution in [3.8, 4) is 0 Å². The molecule has 1 fully saturated rings. The number of likely N-dealkylation sites (tertiary alicyclic amines) is 1. The smallest absolute Gasteiger partial charge is 0.247 e. The minimum absolute atomic E-state index is 0.0108. The fraction of sp³-hybridized carbons (Fsp3) is 0.867. The summed E-state index contributed by atoms with van der Waals surface area (Å²) >= 11 is 0. The molecule has 0 bridgehead atoms. The van der Waals surface area contributed by atoms with Crippen LogP contribution in [0.5, 0.6) is 0 Å². The Kier molecular flexibility index (Phi) is 6.14. The summed E-state index contributed by atoms with van der Waals surface area (Å²) in [6, 6.07) is -0.373. The highest BCUT2D eigenvalue weighted by atomic mass is 16.5. The van der Waals surface area contributed by atoms with Gasteiger partial charge in [0.25, 0.3) is 0 Å². The number of hydrogen-bond donors (Lipinski definition) is 1. The molecule has 0 radical (unpaired) electrons. The zero-order chi connectivity index (χ0) is 15.3. The predicted molar refractivity (Wildman–Crippen MR) is 78.3 cm³/mol. The predicted octanol–water partition coefficient (Wildman–Crippen LogP) is 1.56. The van der Waals surface area contributed by atoms with Crippen LogP contribution in [-0.4, -0.2) is 49.1 Å². The topological polar surface area (TPSA) is 58.6 Å². The van der Waals surface area contributed by atoms with Gasteiger partial charge < -0.3 is 10.1 Å². The van der Waals surface area contributed by atoms with Gasteiger partial charge in [0.1, 0.15) is 0 Å². The van der Waals surface area contributed by atoms with E-state index in [0.717, 1.165) is 12.8 Å². The molecule has 0 spiro atoms. The van der Waals surface area contributed by atoms with Crippen molar-refractivity contribution in [2.75, 3.05) is 20.3 Å². The maximum absolute atomic E-state index is 12.3. The van der Waals surface area contributed by atoms with Crippen molar-refractivity contribution >= 4 is 11.8 Å². The monoisotopic (exact) mass is 284 g/mol. The summed E-state index contributed by atoms with van der Waals surface area (Å²) in [4.78, 5) is 25.6. The van der Waals surface area contributed by atoms with Gasteiger partial charge in [-0.3, -0.25) is 14.5 Å². The van der Waals surface area contributed by atoms with E-state index >= 15 is 0 Å². The minimum atomic E-state index is -0.363. The van der Waals surface area contributed by atoms with Gasteiger partial charge >= 0.3 is 0 Å². The number of carbonyl (C=O) groups is 2. The first-order valence-electron chi connectivity index (χ1n) is 7.40. The van der Waals surface area contributed by atoms with E-state index in [1.54, 1.807) is 7.11 Å². The van der Waals surface area contributed by atoms with Gasteiger partial charge in [-0.05, 0) is 25.2 Å². The minimum Gasteiger partial charge on any atom is -0.385 e. The number of amides is 2. The molecule has 0 aromatic rings. The molecule has 1 aliphatic heterocycles. The molecular weight excluding hydrogens is 256 g/mol. The zero-order valence-corrected chi connectivity index (χ0v) is 13.4. The molecule has 20 heavy (non-hydrogen) atoms. The molecule has 2 atom stereocenters. The fourth-order valence-electron chi connectivity index (χ4n) is 2.32. The van der Waals surface area contributed by atoms with Crippen LogP contribution in [0, 0.1) is 5.41 Å². The van der Waals surface area contributed by atoms with E-state index in [9.17, 15) is 9.59 Å². The maximum Gasteiger partial charge on any atom is 0.247 e. The molecule has 2 amide bonds. The number of ether oxygens (including phenoxy) is 1. The lowest BCUT2D eigenvalue weighted by Crippen LogP contribution is -2.45. The highest BCUT2D eigenvalue weighted by Gasteiger charge is 2.40. The van der Waals surface area contributed by atoms with Gasteiger partial charge in [0.15, 0.2) is 0 Å². The normalized spacial score (nSPS) is 21.6. The summed E-state index contributed by atoms with van der Waals surface area (Å²) in [5.74, 6) is -0.136. The van der Waals surface area contributed by atoms with E-state index in [0.29, 0.717) is 13.2 Å². The van der Waals surface area contributed by atoms with Crippen LogP contribution >= 0.6 is 0 Å². The standard InChI is InChI=1S/C15H28N2O3/c1-6-11(2)17-13(18)9-12(14(17)19)16-10-15(3,4)7-8-20-5/h11-12,16H,6-10H2,1-5H3. The molecule has 0 aliphatic carbocycles. The van der Waals surface area contributed by atoms with Crippen molar-refractivity contribution in [2.45, 2.75) is 59.0 Å². The molecule has 1 rings (SSSR count). The zero-order valence-electron chi connectivity index (χ0n) is 13.4. The van der Waals surface area contributed by atoms with E-state index in [2.05, 4.69) is 19.2 Å². The molecule has 0 aromatic carbocycles. The molecule has 0 saturated carbocycles. The van der Waals surface area contributed by atoms with E-state index in [1.165, 1.54) is 4.90 Å². The number of carbonyl (C=O) groups excluding carboxylic acids is 2. The third-order valence-electron chi connectivity index (χ3n) is 4.02. The molecule has 1 heterocycles. The van der Waals surface area contributed by atoms with Crippen LogP contribution in [0.25, 0.3) is 0 Å². The Labute approximate surface area is 122 Å². The molecular formula is C15H28N2O3. The van der Waals surface area contributed by atoms with Crippen LogP contribution < -0.4 is 5.32 Å². The van der Waals surface area contributed by atoms with Crippen molar-refractivity contribution < 1.29 is 14.3 Å². The van der Waals surface area contributed by atoms with Gasteiger partial charge in [-0.15, -0.1) is 0 Å². The van der Waals surface area contributed by atoms with Crippen LogP contribution in [-0.2, 0) is 14.3 Å². The maximum atomic E-state index is 12.3. The Morgan fingerprint density at radius 2 is 2.10 bits per heavy atom. The molecule has 5 nitrogen and oxygen atoms in total. The highest BCUT2D eigenvalue weighted by molar-refractivity contribution is 6.05. The third-order valence-corrected chi connectivity index (χ3v) is 4.02. The van der Waals surface area contributed by atoms with Gasteiger partial charge in [0.05, 0.1) is 12.5 Å². The second-order valence-electron chi connectivity index (χ2n) is 6.40. The fourth-order valence-corrected chi connectivity index (χ4v) is 2.32. The molecule has 1 saturated heterocycles. The summed E-state index contributed by atoms with van der Waals surface area (Å²) < 4.78 is 5.09. The summed E-state index contributed by atoms with van der Waals surface area (Å²) in [5.41, 5.74) is 0.0448. The Morgan fingerprint density at radius 3 is 2.65 bits per heavy atom. The van der Waals surface area contributed by atoms with Crippen molar-refractivity contribution in [1.82, 2.24) is 10.2 Å². The van der Waals surface area contributed by atoms with Gasteiger partial charge in [-0.2, -0.15) is 0 Å². The van der Waals surface area contributed by atoms with Gasteiger partial charge in [0, 0.05) is 26.3 Å². The van der Waals surface area contributed by atoms with Gasteiger partial charge in [-0.25, -0.2) is 0 Å². The number of imide groups is 1. The van der Waals surface area contributed by atoms with Gasteiger partial charge in [0.2, 0.25) is 11.8 Å². The Hall–Kier alpha value is -0.940. The van der Waals surface area contributed by atoms with Crippen molar-refractivity contribution in [3.05, 3.63) is 0 Å². The van der Waals surface area contributed by atoms with E-state index in [-0.39, 0.29) is 35.7 Å². The largest absolute Gasteiger partial charge is 0.385 e. The van der Waals surface area contributed by atoms with Gasteiger partial charge in [-0.1, -0.05) is 20.8 Å². The number of nitrogens with zero attached hydrogens (tertiary/aromatic N) is 1. The molecule has 5 heteroatoms. The summed E-state index contributed by atoms with van der Waals surface area (Å²) in [6.45, 7) is 9.57. The number of rotatable bonds is 8. The van der Waals surface area contributed by atoms with Crippen LogP contribution in [0.4, 0.5) is 0 Å². The lowest BCUT2D eigenvalue weighted by Gasteiger charge is -2.26. The quantitative estimate of drug-likeness (QED) is 0.687. The first-order valence-corrected chi connectivity index (χ1v) is 7.40. The van der Waals surface area contributed by atoms with E-state index in [1.807, 2.05) is 13.8 Å². The molecule has 2 unspecified atom stereocenters. The second-order valence-corrected chi connectivity index (χ2v) is 6.40. The van der Waals surface area contributed by atoms with Crippen molar-refractivity contribution in [2.24, 2.45) is 5.41 Å². The first kappa shape index (κ1) is 17.1. The van der Waals surface area contributed by atoms with Crippen LogP contribution in [0.2, 0.25) is 0 Å². The van der Waals surface area contributed by atoms with Crippen molar-refractivity contribution in [1.29, 1.82) is 0 Å². The Morgan fingerprint density at radius 1 is 1.45 bits per heavy atom. The Balaban J connectivity index is 2.54. The molecule has 116 valence electrons. The lowest BCUT2D eigenvalue weighted by atomic mass is 9.89. The summed E-state index contributed by atoms with van der Waals surface area (Å²) in [6.07, 6.45) is 1.99. The number of methoxy groups -OCH3 is 1. The average Bonchev–Trinajstić information content (AvgIpc) is 2.68. The lowest BCUT2D eigenvalue weighted by molar-refractivity contribution is -0.141. The van der Waals surface area contributed by atoms with Crippen LogP contribution in [0.3, 0.4) is 0 Å². The highest BCUT2D eigenvalue weighted by Crippen LogP contribution is 2.22. The molecule has 1 aliphatic rings. The van der Waals surface area contributed by atoms with E-state index < -0.39 is 0 Å². The third kappa shape index (κ3) is 4.28. The number of hydrogen-bond acceptors (Lipinski definition) is 4. The first-order chi connectivity index (χ1) is 9.32. The molecule has 1 N–H and O–H groups in total. The summed E-state index contributed by atoms with van der Waals surface area (Å²) in [7, 11) is 1.69. The van der Waals surface area contributed by atoms with Crippen LogP contribution in [0.15, 0.2) is 0 Å². The SMILES string of the molecule is CCC(C)N1C(=O)CC(NCC(C)(C)CCOC)C1=O. The second kappa shape index (κ2) is 7.18. The van der Waals surface area contributed by atoms with Crippen molar-refractivity contribution in [3.63, 3.8) is 0 Å². The summed E-state index contributed by atoms with van der Waals surface area (Å²) in [5, 5.41) is 3.25. The number of nitrogens with one attached hydrogen (secondary N) is 1. The van der Waals surface area contributed by atoms with Crippen LogP contribution in [0.1, 0.15) is 47.0 Å². The Bertz CT molecular complexity index is 355.